The monoisotopic (exact) mass is 409 g/mol. The molecule has 7 nitrogen and oxygen atoms in total. The van der Waals surface area contributed by atoms with E-state index in [1.54, 1.807) is 38.5 Å². The lowest BCUT2D eigenvalue weighted by Gasteiger charge is -2.14. The second-order valence-corrected chi connectivity index (χ2v) is 5.75. The number of rotatable bonds is 9. The van der Waals surface area contributed by atoms with E-state index in [1.807, 2.05) is 13.0 Å². The Kier molecular flexibility index (Phi) is 8.32. The van der Waals surface area contributed by atoms with E-state index in [9.17, 15) is 8.78 Å². The van der Waals surface area contributed by atoms with Gasteiger partial charge >= 0.3 is 6.61 Å². The Morgan fingerprint density at radius 3 is 2.21 bits per heavy atom. The summed E-state index contributed by atoms with van der Waals surface area (Å²) in [7, 11) is 4.52. The number of guanidine groups is 1. The molecule has 158 valence electrons. The van der Waals surface area contributed by atoms with Crippen LogP contribution in [0.2, 0.25) is 0 Å². The predicted molar refractivity (Wildman–Crippen MR) is 108 cm³/mol. The van der Waals surface area contributed by atoms with Crippen LogP contribution in [0.25, 0.3) is 0 Å². The van der Waals surface area contributed by atoms with Crippen LogP contribution in [0.3, 0.4) is 0 Å². The van der Waals surface area contributed by atoms with Crippen LogP contribution >= 0.6 is 0 Å². The molecule has 0 aliphatic heterocycles. The van der Waals surface area contributed by atoms with Crippen molar-refractivity contribution in [2.45, 2.75) is 20.1 Å². The molecule has 9 heteroatoms. The van der Waals surface area contributed by atoms with Gasteiger partial charge in [0.2, 0.25) is 0 Å². The molecule has 0 radical (unpaired) electrons. The minimum Gasteiger partial charge on any atom is -0.493 e. The molecule has 29 heavy (non-hydrogen) atoms. The van der Waals surface area contributed by atoms with Crippen molar-refractivity contribution in [2.75, 3.05) is 33.2 Å². The summed E-state index contributed by atoms with van der Waals surface area (Å²) < 4.78 is 45.3. The summed E-state index contributed by atoms with van der Waals surface area (Å²) >= 11 is 0. The Morgan fingerprint density at radius 2 is 1.59 bits per heavy atom. The van der Waals surface area contributed by atoms with Crippen LogP contribution in [-0.4, -0.2) is 40.4 Å². The summed E-state index contributed by atoms with van der Waals surface area (Å²) in [4.78, 5) is 4.49. The molecule has 2 rings (SSSR count). The third-order valence-electron chi connectivity index (χ3n) is 3.85. The minimum absolute atomic E-state index is 0.0342. The van der Waals surface area contributed by atoms with E-state index in [0.29, 0.717) is 29.6 Å². The van der Waals surface area contributed by atoms with Crippen LogP contribution in [0.4, 0.5) is 14.5 Å². The van der Waals surface area contributed by atoms with Gasteiger partial charge in [-0.25, -0.2) is 4.99 Å². The smallest absolute Gasteiger partial charge is 0.387 e. The van der Waals surface area contributed by atoms with E-state index in [1.165, 1.54) is 13.2 Å². The second-order valence-electron chi connectivity index (χ2n) is 5.75. The fraction of sp³-hybridized carbons (Fsp3) is 0.350. The zero-order valence-corrected chi connectivity index (χ0v) is 16.8. The van der Waals surface area contributed by atoms with E-state index >= 15 is 0 Å². The van der Waals surface area contributed by atoms with Crippen LogP contribution in [0.15, 0.2) is 41.4 Å². The van der Waals surface area contributed by atoms with E-state index in [4.69, 9.17) is 14.2 Å². The van der Waals surface area contributed by atoms with Gasteiger partial charge in [-0.3, -0.25) is 0 Å². The van der Waals surface area contributed by atoms with Crippen LogP contribution in [0.5, 0.6) is 23.0 Å². The number of nitrogens with zero attached hydrogens (tertiary/aromatic N) is 1. The highest BCUT2D eigenvalue weighted by molar-refractivity contribution is 5.93. The molecule has 2 aromatic rings. The third-order valence-corrected chi connectivity index (χ3v) is 3.85. The fourth-order valence-electron chi connectivity index (χ4n) is 2.54. The lowest BCUT2D eigenvalue weighted by molar-refractivity contribution is -0.0512. The number of hydrogen-bond donors (Lipinski definition) is 2. The van der Waals surface area contributed by atoms with Gasteiger partial charge in [-0.2, -0.15) is 8.78 Å². The first-order valence-corrected chi connectivity index (χ1v) is 8.89. The average molecular weight is 409 g/mol. The summed E-state index contributed by atoms with van der Waals surface area (Å²) in [5.74, 6) is 1.91. The Bertz CT molecular complexity index is 831. The lowest BCUT2D eigenvalue weighted by atomic mass is 10.2. The quantitative estimate of drug-likeness (QED) is 0.484. The number of methoxy groups -OCH3 is 3. The molecule has 2 aromatic carbocycles. The fourth-order valence-corrected chi connectivity index (χ4v) is 2.54. The van der Waals surface area contributed by atoms with Gasteiger partial charge in [-0.05, 0) is 36.8 Å². The Morgan fingerprint density at radius 1 is 0.931 bits per heavy atom. The maximum atomic E-state index is 12.6. The van der Waals surface area contributed by atoms with Crippen LogP contribution < -0.4 is 29.6 Å². The zero-order valence-electron chi connectivity index (χ0n) is 16.8. The maximum Gasteiger partial charge on any atom is 0.387 e. The molecule has 0 saturated heterocycles. The van der Waals surface area contributed by atoms with E-state index in [2.05, 4.69) is 20.4 Å². The number of alkyl halides is 2. The normalized spacial score (nSPS) is 11.2. The zero-order chi connectivity index (χ0) is 21.2. The number of ether oxygens (including phenoxy) is 4. The molecule has 0 spiro atoms. The van der Waals surface area contributed by atoms with Gasteiger partial charge < -0.3 is 29.6 Å². The highest BCUT2D eigenvalue weighted by Gasteiger charge is 2.11. The SMILES string of the molecule is CCNC(=NCc1ccc(OC)c(OC(F)F)c1)Nc1ccc(OC)c(OC)c1. The molecule has 0 atom stereocenters. The topological polar surface area (TPSA) is 73.3 Å². The van der Waals surface area contributed by atoms with Gasteiger partial charge in [0.05, 0.1) is 27.9 Å². The van der Waals surface area contributed by atoms with Gasteiger partial charge in [-0.15, -0.1) is 0 Å². The lowest BCUT2D eigenvalue weighted by Crippen LogP contribution is -2.30. The van der Waals surface area contributed by atoms with Crippen molar-refractivity contribution < 1.29 is 27.7 Å². The number of aliphatic imine (C=N–C) groups is 1. The number of nitrogens with one attached hydrogen (secondary N) is 2. The maximum absolute atomic E-state index is 12.6. The van der Waals surface area contributed by atoms with Crippen LogP contribution in [-0.2, 0) is 6.54 Å². The van der Waals surface area contributed by atoms with Gasteiger partial charge in [0.25, 0.3) is 0 Å². The highest BCUT2D eigenvalue weighted by Crippen LogP contribution is 2.31. The first-order valence-electron chi connectivity index (χ1n) is 8.89. The standard InChI is InChI=1S/C20H25F2N3O4/c1-5-23-20(25-14-7-9-15(26-2)17(11-14)28-4)24-12-13-6-8-16(27-3)18(10-13)29-19(21)22/h6-11,19H,5,12H2,1-4H3,(H2,23,24,25). The highest BCUT2D eigenvalue weighted by atomic mass is 19.3. The van der Waals surface area contributed by atoms with E-state index < -0.39 is 6.61 Å². The largest absolute Gasteiger partial charge is 0.493 e. The molecule has 0 saturated carbocycles. The number of halogens is 2. The second kappa shape index (κ2) is 10.9. The summed E-state index contributed by atoms with van der Waals surface area (Å²) in [6, 6.07) is 10.2. The van der Waals surface area contributed by atoms with Gasteiger partial charge in [0.15, 0.2) is 29.0 Å². The molecular formula is C20H25F2N3O4. The van der Waals surface area contributed by atoms with Gasteiger partial charge in [0.1, 0.15) is 0 Å². The molecule has 2 N–H and O–H groups in total. The van der Waals surface area contributed by atoms with E-state index in [0.717, 1.165) is 5.69 Å². The van der Waals surface area contributed by atoms with Crippen molar-refractivity contribution in [1.29, 1.82) is 0 Å². The number of anilines is 1. The van der Waals surface area contributed by atoms with Crippen LogP contribution in [0.1, 0.15) is 12.5 Å². The average Bonchev–Trinajstić information content (AvgIpc) is 2.71. The first-order chi connectivity index (χ1) is 14.0. The van der Waals surface area contributed by atoms with Crippen molar-refractivity contribution in [3.8, 4) is 23.0 Å². The Hall–Kier alpha value is -3.23. The molecule has 0 unspecified atom stereocenters. The molecule has 0 bridgehead atoms. The molecular weight excluding hydrogens is 384 g/mol. The van der Waals surface area contributed by atoms with Crippen molar-refractivity contribution in [3.05, 3.63) is 42.0 Å². The number of hydrogen-bond acceptors (Lipinski definition) is 5. The minimum atomic E-state index is -2.94. The van der Waals surface area contributed by atoms with Gasteiger partial charge in [0, 0.05) is 18.3 Å². The molecule has 0 aromatic heterocycles. The molecule has 0 heterocycles. The van der Waals surface area contributed by atoms with Crippen molar-refractivity contribution in [3.63, 3.8) is 0 Å². The molecule has 0 aliphatic carbocycles. The molecule has 0 amide bonds. The number of benzene rings is 2. The van der Waals surface area contributed by atoms with Crippen LogP contribution in [0, 0.1) is 0 Å². The predicted octanol–water partition coefficient (Wildman–Crippen LogP) is 3.89. The first kappa shape index (κ1) is 22.1. The Labute approximate surface area is 168 Å². The van der Waals surface area contributed by atoms with Crippen molar-refractivity contribution in [2.24, 2.45) is 4.99 Å². The Balaban J connectivity index is 2.19. The summed E-state index contributed by atoms with van der Waals surface area (Å²) in [6.07, 6.45) is 0. The van der Waals surface area contributed by atoms with Crippen molar-refractivity contribution in [1.82, 2.24) is 5.32 Å². The van der Waals surface area contributed by atoms with E-state index in [-0.39, 0.29) is 18.0 Å². The molecule has 0 fully saturated rings. The third kappa shape index (κ3) is 6.41. The van der Waals surface area contributed by atoms with Gasteiger partial charge in [-0.1, -0.05) is 6.07 Å². The summed E-state index contributed by atoms with van der Waals surface area (Å²) in [6.45, 7) is -0.117. The molecule has 0 aliphatic rings. The summed E-state index contributed by atoms with van der Waals surface area (Å²) in [5.41, 5.74) is 1.43. The summed E-state index contributed by atoms with van der Waals surface area (Å²) in [5, 5.41) is 6.30. The van der Waals surface area contributed by atoms with Crippen molar-refractivity contribution >= 4 is 11.6 Å².